The topological polar surface area (TPSA) is 102 Å². The molecule has 0 radical (unpaired) electrons. The predicted molar refractivity (Wildman–Crippen MR) is 96.6 cm³/mol. The number of carboxylic acid groups (broad SMARTS) is 2. The number of nitrogens with one attached hydrogen (secondary N) is 1. The minimum atomic E-state index is -2.07. The molecule has 2 aliphatic heterocycles. The minimum Gasteiger partial charge on any atom is -0.539 e. The van der Waals surface area contributed by atoms with E-state index in [-0.39, 0.29) is 11.7 Å². The first-order chi connectivity index (χ1) is 13.4. The number of carboxylic acids is 2. The van der Waals surface area contributed by atoms with E-state index < -0.39 is 11.9 Å². The molecule has 1 aromatic carbocycles. The third-order valence-electron chi connectivity index (χ3n) is 5.18. The van der Waals surface area contributed by atoms with Crippen molar-refractivity contribution < 1.29 is 33.9 Å². The van der Waals surface area contributed by atoms with E-state index in [9.17, 15) is 9.18 Å². The number of amides is 1. The van der Waals surface area contributed by atoms with Crippen molar-refractivity contribution in [2.75, 3.05) is 26.2 Å². The van der Waals surface area contributed by atoms with Gasteiger partial charge in [0.15, 0.2) is 5.97 Å². The van der Waals surface area contributed by atoms with Crippen LogP contribution < -0.4 is 10.0 Å². The lowest BCUT2D eigenvalue weighted by Gasteiger charge is -2.34. The second-order valence-electron chi connectivity index (χ2n) is 7.33. The fourth-order valence-electron chi connectivity index (χ4n) is 3.79. The van der Waals surface area contributed by atoms with Crippen LogP contribution in [-0.4, -0.2) is 54.0 Å². The number of aliphatic carboxylic acids is 2. The molecule has 2 fully saturated rings. The Balaban J connectivity index is 0.000000409. The Bertz CT molecular complexity index is 662. The summed E-state index contributed by atoms with van der Waals surface area (Å²) in [5.74, 6) is -3.64. The first-order valence-corrected chi connectivity index (χ1v) is 9.68. The van der Waals surface area contributed by atoms with Crippen LogP contribution in [0, 0.1) is 11.7 Å². The van der Waals surface area contributed by atoms with Gasteiger partial charge >= 0.3 is 5.97 Å². The van der Waals surface area contributed by atoms with Gasteiger partial charge < -0.3 is 24.8 Å². The number of carbonyl (C=O) groups is 3. The van der Waals surface area contributed by atoms with Crippen LogP contribution in [0.25, 0.3) is 0 Å². The Kier molecular flexibility index (Phi) is 8.38. The Labute approximate surface area is 163 Å². The van der Waals surface area contributed by atoms with E-state index in [0.29, 0.717) is 5.91 Å². The molecule has 3 rings (SSSR count). The summed E-state index contributed by atoms with van der Waals surface area (Å²) in [7, 11) is 0. The fraction of sp³-hybridized carbons (Fsp3) is 0.550. The molecule has 2 atom stereocenters. The van der Waals surface area contributed by atoms with Gasteiger partial charge in [-0.05, 0) is 44.2 Å². The minimum absolute atomic E-state index is 0.183. The number of quaternary nitrogens is 1. The zero-order chi connectivity index (χ0) is 20.5. The number of rotatable bonds is 3. The van der Waals surface area contributed by atoms with Gasteiger partial charge in [-0.3, -0.25) is 4.79 Å². The van der Waals surface area contributed by atoms with Crippen LogP contribution in [0.5, 0.6) is 0 Å². The molecule has 0 aromatic heterocycles. The molecular weight excluding hydrogens is 367 g/mol. The first kappa shape index (κ1) is 21.8. The summed E-state index contributed by atoms with van der Waals surface area (Å²) < 4.78 is 13.0. The van der Waals surface area contributed by atoms with Crippen LogP contribution >= 0.6 is 0 Å². The zero-order valence-electron chi connectivity index (χ0n) is 15.9. The number of piperidine rings is 2. The van der Waals surface area contributed by atoms with E-state index >= 15 is 0 Å². The number of hydrogen-bond donors (Lipinski definition) is 2. The summed E-state index contributed by atoms with van der Waals surface area (Å²) >= 11 is 0. The summed E-state index contributed by atoms with van der Waals surface area (Å²) in [5, 5.41) is 16.3. The van der Waals surface area contributed by atoms with Gasteiger partial charge in [-0.1, -0.05) is 12.1 Å². The highest BCUT2D eigenvalue weighted by molar-refractivity contribution is 6.26. The summed E-state index contributed by atoms with van der Waals surface area (Å²) in [5.41, 5.74) is 1.16. The van der Waals surface area contributed by atoms with Crippen molar-refractivity contribution in [2.45, 2.75) is 38.6 Å². The second-order valence-corrected chi connectivity index (χ2v) is 7.33. The normalized spacial score (nSPS) is 22.0. The summed E-state index contributed by atoms with van der Waals surface area (Å²) in [6, 6.07) is 6.76. The molecule has 154 valence electrons. The summed E-state index contributed by atoms with van der Waals surface area (Å²) in [4.78, 5) is 34.2. The maximum Gasteiger partial charge on any atom is 0.351 e. The third kappa shape index (κ3) is 6.92. The van der Waals surface area contributed by atoms with Gasteiger partial charge in [0.05, 0.1) is 19.0 Å². The first-order valence-electron chi connectivity index (χ1n) is 9.68. The second kappa shape index (κ2) is 10.8. The molecule has 7 nitrogen and oxygen atoms in total. The highest BCUT2D eigenvalue weighted by atomic mass is 19.1. The molecule has 0 bridgehead atoms. The van der Waals surface area contributed by atoms with E-state index in [1.165, 1.54) is 23.5 Å². The van der Waals surface area contributed by atoms with Crippen LogP contribution in [0.2, 0.25) is 0 Å². The molecule has 2 N–H and O–H groups in total. The van der Waals surface area contributed by atoms with Crippen molar-refractivity contribution in [3.8, 4) is 0 Å². The zero-order valence-corrected chi connectivity index (χ0v) is 15.9. The van der Waals surface area contributed by atoms with E-state index in [2.05, 4.69) is 4.90 Å². The Morgan fingerprint density at radius 1 is 1.11 bits per heavy atom. The predicted octanol–water partition coefficient (Wildman–Crippen LogP) is -0.546. The van der Waals surface area contributed by atoms with E-state index in [0.717, 1.165) is 64.0 Å². The van der Waals surface area contributed by atoms with Gasteiger partial charge in [0.1, 0.15) is 12.4 Å². The fourth-order valence-corrected chi connectivity index (χ4v) is 3.79. The number of halogens is 1. The van der Waals surface area contributed by atoms with Gasteiger partial charge in [-0.15, -0.1) is 0 Å². The lowest BCUT2D eigenvalue weighted by Crippen LogP contribution is -3.12. The SMILES string of the molecule is O=C(C1CCC[NH+](Cc2ccc(F)cc2)C1)N1CCCCC1.O=C([O-])C(=O)O. The molecule has 1 aromatic rings. The van der Waals surface area contributed by atoms with E-state index in [4.69, 9.17) is 19.8 Å². The number of likely N-dealkylation sites (tertiary alicyclic amines) is 2. The molecule has 0 aliphatic carbocycles. The lowest BCUT2D eigenvalue weighted by molar-refractivity contribution is -0.921. The van der Waals surface area contributed by atoms with Crippen molar-refractivity contribution in [3.05, 3.63) is 35.6 Å². The molecular formula is C20H27FN2O5. The van der Waals surface area contributed by atoms with E-state index in [1.807, 2.05) is 12.1 Å². The van der Waals surface area contributed by atoms with Crippen molar-refractivity contribution in [1.29, 1.82) is 0 Å². The molecule has 0 spiro atoms. The Morgan fingerprint density at radius 2 is 1.71 bits per heavy atom. The van der Waals surface area contributed by atoms with Crippen molar-refractivity contribution in [1.82, 2.24) is 4.90 Å². The number of nitrogens with zero attached hydrogens (tertiary/aromatic N) is 1. The van der Waals surface area contributed by atoms with Crippen LogP contribution in [0.1, 0.15) is 37.7 Å². The van der Waals surface area contributed by atoms with Crippen LogP contribution in [0.15, 0.2) is 24.3 Å². The summed E-state index contributed by atoms with van der Waals surface area (Å²) in [6.45, 7) is 4.82. The van der Waals surface area contributed by atoms with Crippen molar-refractivity contribution in [2.24, 2.45) is 5.92 Å². The average Bonchev–Trinajstić information content (AvgIpc) is 2.70. The van der Waals surface area contributed by atoms with E-state index in [1.54, 1.807) is 0 Å². The van der Waals surface area contributed by atoms with Crippen molar-refractivity contribution >= 4 is 17.8 Å². The monoisotopic (exact) mass is 394 g/mol. The molecule has 1 amide bonds. The molecule has 2 aliphatic rings. The largest absolute Gasteiger partial charge is 0.539 e. The molecule has 2 unspecified atom stereocenters. The number of hydrogen-bond acceptors (Lipinski definition) is 4. The molecule has 8 heteroatoms. The highest BCUT2D eigenvalue weighted by Gasteiger charge is 2.32. The highest BCUT2D eigenvalue weighted by Crippen LogP contribution is 2.16. The molecule has 0 saturated carbocycles. The van der Waals surface area contributed by atoms with Gasteiger partial charge in [0.2, 0.25) is 5.91 Å². The number of benzene rings is 1. The lowest BCUT2D eigenvalue weighted by atomic mass is 9.95. The Hall–Kier alpha value is -2.48. The van der Waals surface area contributed by atoms with Gasteiger partial charge in [0, 0.05) is 18.7 Å². The third-order valence-corrected chi connectivity index (χ3v) is 5.18. The maximum atomic E-state index is 13.0. The maximum absolute atomic E-state index is 13.0. The average molecular weight is 394 g/mol. The summed E-state index contributed by atoms with van der Waals surface area (Å²) in [6.07, 6.45) is 5.72. The van der Waals surface area contributed by atoms with Crippen LogP contribution in [0.4, 0.5) is 4.39 Å². The van der Waals surface area contributed by atoms with Crippen LogP contribution in [-0.2, 0) is 20.9 Å². The quantitative estimate of drug-likeness (QED) is 0.670. The van der Waals surface area contributed by atoms with Gasteiger partial charge in [0.25, 0.3) is 0 Å². The van der Waals surface area contributed by atoms with Gasteiger partial charge in [-0.2, -0.15) is 0 Å². The van der Waals surface area contributed by atoms with Crippen molar-refractivity contribution in [3.63, 3.8) is 0 Å². The standard InChI is InChI=1S/C18H25FN2O.C2H2O4/c19-17-8-6-15(7-9-17)13-20-10-4-5-16(14-20)18(22)21-11-2-1-3-12-21;3-1(4)2(5)6/h6-9,16H,1-5,10-14H2;(H,3,4)(H,5,6). The van der Waals surface area contributed by atoms with Crippen LogP contribution in [0.3, 0.4) is 0 Å². The molecule has 2 heterocycles. The Morgan fingerprint density at radius 3 is 2.29 bits per heavy atom. The van der Waals surface area contributed by atoms with Gasteiger partial charge in [-0.25, -0.2) is 9.18 Å². The smallest absolute Gasteiger partial charge is 0.351 e. The number of carbonyl (C=O) groups excluding carboxylic acids is 2. The molecule has 2 saturated heterocycles. The molecule has 28 heavy (non-hydrogen) atoms.